The molecule has 0 saturated carbocycles. The second kappa shape index (κ2) is 8.39. The minimum Gasteiger partial charge on any atom is -0.353 e. The van der Waals surface area contributed by atoms with Crippen molar-refractivity contribution in [3.8, 4) is 11.4 Å². The lowest BCUT2D eigenvalue weighted by atomic mass is 10.0. The van der Waals surface area contributed by atoms with Crippen LogP contribution in [-0.4, -0.2) is 71.3 Å². The number of rotatable bonds is 5. The second-order valence-corrected chi connectivity index (χ2v) is 8.16. The average molecular weight is 427 g/mol. The van der Waals surface area contributed by atoms with Gasteiger partial charge in [-0.1, -0.05) is 6.07 Å². The third-order valence-electron chi connectivity index (χ3n) is 6.02. The summed E-state index contributed by atoms with van der Waals surface area (Å²) in [5.41, 5.74) is 6.05. The predicted molar refractivity (Wildman–Crippen MR) is 133 cm³/mol. The minimum absolute atomic E-state index is 0.895. The molecule has 0 unspecified atom stereocenters. The fourth-order valence-electron chi connectivity index (χ4n) is 4.17. The van der Waals surface area contributed by atoms with Crippen molar-refractivity contribution in [3.05, 3.63) is 48.3 Å². The van der Waals surface area contributed by atoms with E-state index in [1.54, 1.807) is 6.20 Å². The number of hydrogen-bond acceptors (Lipinski definition) is 5. The third kappa shape index (κ3) is 3.69. The van der Waals surface area contributed by atoms with Crippen LogP contribution < -0.4 is 4.90 Å². The Morgan fingerprint density at radius 2 is 1.94 bits per heavy atom. The summed E-state index contributed by atoms with van der Waals surface area (Å²) in [5, 5.41) is 9.96. The summed E-state index contributed by atoms with van der Waals surface area (Å²) in [6.07, 6.45) is 5.10. The van der Waals surface area contributed by atoms with Gasteiger partial charge in [-0.3, -0.25) is 10.1 Å². The number of aromatic nitrogens is 4. The topological polar surface area (TPSA) is 88.6 Å². The van der Waals surface area contributed by atoms with E-state index < -0.39 is 0 Å². The number of aromatic amines is 2. The molecule has 1 aromatic carbocycles. The Morgan fingerprint density at radius 3 is 2.75 bits per heavy atom. The first-order valence-corrected chi connectivity index (χ1v) is 10.7. The van der Waals surface area contributed by atoms with Gasteiger partial charge in [0.05, 0.1) is 16.7 Å². The molecule has 1 fully saturated rings. The van der Waals surface area contributed by atoms with Crippen LogP contribution in [-0.2, 0) is 0 Å². The van der Waals surface area contributed by atoms with Crippen LogP contribution in [0.1, 0.15) is 12.5 Å². The largest absolute Gasteiger partial charge is 0.353 e. The van der Waals surface area contributed by atoms with Crippen LogP contribution in [0.25, 0.3) is 38.8 Å². The van der Waals surface area contributed by atoms with Crippen LogP contribution in [0, 0.1) is 0 Å². The van der Waals surface area contributed by atoms with Crippen molar-refractivity contribution in [2.45, 2.75) is 6.92 Å². The fourth-order valence-corrected chi connectivity index (χ4v) is 4.17. The number of piperazine rings is 1. The Hall–Kier alpha value is -3.78. The van der Waals surface area contributed by atoms with Gasteiger partial charge in [-0.05, 0) is 56.1 Å². The van der Waals surface area contributed by atoms with Gasteiger partial charge in [0, 0.05) is 49.3 Å². The summed E-state index contributed by atoms with van der Waals surface area (Å²) in [6.45, 7) is 9.48. The fraction of sp³-hybridized carbons (Fsp3) is 0.250. The molecular formula is C24H26N8. The first-order valence-electron chi connectivity index (χ1n) is 10.7. The standard InChI is InChI=1S/C24H26N8/c1-16(14-26-15-25-2)17-4-5-21-18(12-17)23(30-29-21)22-13-19-20(28-22)6-7-27-24(19)32-10-8-31(3)9-11-32/h4-7,12-15,28H,2,8-11H2,1,3H3,(H,29,30)/b16-14+,26-15-. The van der Waals surface area contributed by atoms with Gasteiger partial charge < -0.3 is 14.8 Å². The number of hydrogen-bond donors (Lipinski definition) is 2. The van der Waals surface area contributed by atoms with Crippen molar-refractivity contribution >= 4 is 46.3 Å². The van der Waals surface area contributed by atoms with Crippen LogP contribution in [0.4, 0.5) is 5.82 Å². The number of benzene rings is 1. The maximum Gasteiger partial charge on any atom is 0.138 e. The molecule has 0 aliphatic carbocycles. The van der Waals surface area contributed by atoms with Crippen molar-refractivity contribution in [3.63, 3.8) is 0 Å². The normalized spacial score (nSPS) is 15.9. The summed E-state index contributed by atoms with van der Waals surface area (Å²) in [4.78, 5) is 20.8. The third-order valence-corrected chi connectivity index (χ3v) is 6.02. The van der Waals surface area contributed by atoms with Crippen LogP contribution in [0.5, 0.6) is 0 Å². The quantitative estimate of drug-likeness (QED) is 0.374. The van der Waals surface area contributed by atoms with Crippen LogP contribution >= 0.6 is 0 Å². The van der Waals surface area contributed by atoms with E-state index in [9.17, 15) is 0 Å². The van der Waals surface area contributed by atoms with E-state index in [4.69, 9.17) is 4.98 Å². The first-order chi connectivity index (χ1) is 15.6. The second-order valence-electron chi connectivity index (χ2n) is 8.16. The molecule has 0 atom stereocenters. The molecule has 0 bridgehead atoms. The number of aliphatic imine (C=N–C) groups is 2. The van der Waals surface area contributed by atoms with E-state index in [1.807, 2.05) is 25.3 Å². The Labute approximate surface area is 186 Å². The zero-order chi connectivity index (χ0) is 22.1. The summed E-state index contributed by atoms with van der Waals surface area (Å²) in [6, 6.07) is 10.4. The molecule has 1 aliphatic rings. The molecule has 32 heavy (non-hydrogen) atoms. The van der Waals surface area contributed by atoms with E-state index in [0.717, 1.165) is 76.3 Å². The lowest BCUT2D eigenvalue weighted by molar-refractivity contribution is 0.312. The van der Waals surface area contributed by atoms with Crippen LogP contribution in [0.3, 0.4) is 0 Å². The zero-order valence-electron chi connectivity index (χ0n) is 18.3. The smallest absolute Gasteiger partial charge is 0.138 e. The van der Waals surface area contributed by atoms with Gasteiger partial charge in [0.2, 0.25) is 0 Å². The molecule has 8 heteroatoms. The lowest BCUT2D eigenvalue weighted by Crippen LogP contribution is -2.44. The Bertz CT molecular complexity index is 1330. The Kier molecular flexibility index (Phi) is 5.28. The van der Waals surface area contributed by atoms with E-state index in [0.29, 0.717) is 0 Å². The molecule has 4 heterocycles. The Balaban J connectivity index is 1.55. The molecule has 8 nitrogen and oxygen atoms in total. The maximum atomic E-state index is 4.71. The number of fused-ring (bicyclic) bond motifs is 2. The number of likely N-dealkylation sites (N-methyl/N-ethyl adjacent to an activating group) is 1. The van der Waals surface area contributed by atoms with Gasteiger partial charge in [-0.2, -0.15) is 5.10 Å². The summed E-state index contributed by atoms with van der Waals surface area (Å²) in [7, 11) is 2.16. The van der Waals surface area contributed by atoms with Gasteiger partial charge in [-0.15, -0.1) is 0 Å². The highest BCUT2D eigenvalue weighted by atomic mass is 15.3. The Morgan fingerprint density at radius 1 is 1.09 bits per heavy atom. The summed E-state index contributed by atoms with van der Waals surface area (Å²) >= 11 is 0. The van der Waals surface area contributed by atoms with Crippen molar-refractivity contribution in [1.82, 2.24) is 25.1 Å². The van der Waals surface area contributed by atoms with Gasteiger partial charge in [0.15, 0.2) is 0 Å². The van der Waals surface area contributed by atoms with E-state index >= 15 is 0 Å². The van der Waals surface area contributed by atoms with E-state index in [-0.39, 0.29) is 0 Å². The van der Waals surface area contributed by atoms with Gasteiger partial charge >= 0.3 is 0 Å². The average Bonchev–Trinajstić information content (AvgIpc) is 3.43. The highest BCUT2D eigenvalue weighted by Gasteiger charge is 2.19. The number of nitrogens with zero attached hydrogens (tertiary/aromatic N) is 6. The van der Waals surface area contributed by atoms with Crippen molar-refractivity contribution in [2.75, 3.05) is 38.1 Å². The monoisotopic (exact) mass is 426 g/mol. The van der Waals surface area contributed by atoms with Crippen LogP contribution in [0.15, 0.2) is 52.7 Å². The number of anilines is 1. The lowest BCUT2D eigenvalue weighted by Gasteiger charge is -2.33. The molecule has 0 radical (unpaired) electrons. The van der Waals surface area contributed by atoms with E-state index in [2.05, 4.69) is 66.9 Å². The minimum atomic E-state index is 0.895. The van der Waals surface area contributed by atoms with Crippen molar-refractivity contribution in [2.24, 2.45) is 9.98 Å². The maximum absolute atomic E-state index is 4.71. The highest BCUT2D eigenvalue weighted by molar-refractivity contribution is 5.99. The number of H-pyrrole nitrogens is 2. The number of nitrogens with one attached hydrogen (secondary N) is 2. The molecule has 1 aliphatic heterocycles. The van der Waals surface area contributed by atoms with Crippen molar-refractivity contribution in [1.29, 1.82) is 0 Å². The first kappa shape index (κ1) is 20.1. The zero-order valence-corrected chi connectivity index (χ0v) is 18.3. The number of allylic oxidation sites excluding steroid dienone is 1. The van der Waals surface area contributed by atoms with Gasteiger partial charge in [0.25, 0.3) is 0 Å². The molecule has 0 spiro atoms. The molecule has 5 rings (SSSR count). The number of pyridine rings is 1. The molecule has 3 aromatic heterocycles. The predicted octanol–water partition coefficient (Wildman–Crippen LogP) is 3.95. The molecule has 162 valence electrons. The summed E-state index contributed by atoms with van der Waals surface area (Å²) in [5.74, 6) is 1.03. The van der Waals surface area contributed by atoms with Gasteiger partial charge in [0.1, 0.15) is 17.9 Å². The molecule has 0 amide bonds. The molecular weight excluding hydrogens is 400 g/mol. The molecule has 4 aromatic rings. The van der Waals surface area contributed by atoms with Crippen LogP contribution in [0.2, 0.25) is 0 Å². The van der Waals surface area contributed by atoms with E-state index in [1.165, 1.54) is 6.34 Å². The van der Waals surface area contributed by atoms with Gasteiger partial charge in [-0.25, -0.2) is 9.98 Å². The SMILES string of the molecule is C=N/C=N\C=C(/C)c1ccc2[nH]nc(-c3cc4c(N5CCN(C)CC5)nccc4[nH]3)c2c1. The molecule has 2 N–H and O–H groups in total. The summed E-state index contributed by atoms with van der Waals surface area (Å²) < 4.78 is 0. The molecule has 1 saturated heterocycles. The highest BCUT2D eigenvalue weighted by Crippen LogP contribution is 2.33. The van der Waals surface area contributed by atoms with Crippen molar-refractivity contribution < 1.29 is 0 Å².